The lowest BCUT2D eigenvalue weighted by Gasteiger charge is -2.47. The summed E-state index contributed by atoms with van der Waals surface area (Å²) in [5.41, 5.74) is 7.71. The number of halogens is 3. The van der Waals surface area contributed by atoms with Crippen LogP contribution in [0, 0.1) is 18.8 Å². The zero-order valence-corrected chi connectivity index (χ0v) is 21.5. The van der Waals surface area contributed by atoms with Crippen molar-refractivity contribution in [3.05, 3.63) is 98.8 Å². The number of ketones is 1. The molecular formula is C31H28F3NO4. The zero-order chi connectivity index (χ0) is 28.4. The van der Waals surface area contributed by atoms with Crippen molar-refractivity contribution in [2.75, 3.05) is 0 Å². The lowest BCUT2D eigenvalue weighted by molar-refractivity contribution is -0.143. The highest BCUT2D eigenvalue weighted by Crippen LogP contribution is 2.54. The average Bonchev–Trinajstić information content (AvgIpc) is 2.85. The standard InChI is InChI=1S/C31H28F3NO4/c1-15-4-8-19(9-5-18-6-10-21(11-7-18)31(32,33)34)23-14-20-13-22-12-16(2)25(29(35)38)27(36)30(22,39)28(37)26(20)17(3)24(15)23/h4-11,20,22,37,39H,3,12-14H2,1-2H3,(H2,35,38)/b9-5+/t20?,22-,30-/m1/s1. The first-order valence-electron chi connectivity index (χ1n) is 12.6. The SMILES string of the molecule is C=C1C2=C(O)[C@]3(O)C(=O)C(C(N)=O)=C(C)C[C@@H]3CC2Cc2c(/C=C/c3ccc(C(F)(F)F)cc3)ccc(C)c21. The van der Waals surface area contributed by atoms with Gasteiger partial charge in [-0.05, 0) is 84.6 Å². The van der Waals surface area contributed by atoms with Crippen LogP contribution < -0.4 is 5.73 Å². The quantitative estimate of drug-likeness (QED) is 0.346. The Kier molecular flexibility index (Phi) is 6.22. The Morgan fingerprint density at radius 2 is 1.77 bits per heavy atom. The van der Waals surface area contributed by atoms with Crippen molar-refractivity contribution in [2.45, 2.75) is 44.9 Å². The number of allylic oxidation sites excluding steroid dienone is 3. The minimum absolute atomic E-state index is 0.231. The number of amides is 1. The fourth-order valence-corrected chi connectivity index (χ4v) is 6.43. The number of alkyl halides is 3. The molecule has 5 rings (SSSR count). The van der Waals surface area contributed by atoms with Crippen molar-refractivity contribution >= 4 is 29.4 Å². The molecule has 4 N–H and O–H groups in total. The summed E-state index contributed by atoms with van der Waals surface area (Å²) in [6.07, 6.45) is 0.323. The fraction of sp³-hybridized carbons (Fsp3) is 0.290. The Morgan fingerprint density at radius 3 is 2.38 bits per heavy atom. The third-order valence-corrected chi connectivity index (χ3v) is 8.31. The molecule has 3 aliphatic rings. The monoisotopic (exact) mass is 535 g/mol. The number of aliphatic hydroxyl groups excluding tert-OH is 1. The molecule has 2 aromatic rings. The van der Waals surface area contributed by atoms with Crippen LogP contribution in [-0.4, -0.2) is 27.5 Å². The van der Waals surface area contributed by atoms with Gasteiger partial charge in [0.05, 0.1) is 11.1 Å². The number of aliphatic hydroxyl groups is 2. The van der Waals surface area contributed by atoms with Gasteiger partial charge in [0.2, 0.25) is 5.78 Å². The van der Waals surface area contributed by atoms with Gasteiger partial charge >= 0.3 is 6.18 Å². The highest BCUT2D eigenvalue weighted by molar-refractivity contribution is 6.24. The molecule has 1 amide bonds. The van der Waals surface area contributed by atoms with Crippen LogP contribution >= 0.6 is 0 Å². The van der Waals surface area contributed by atoms with E-state index in [4.69, 9.17) is 5.73 Å². The summed E-state index contributed by atoms with van der Waals surface area (Å²) < 4.78 is 38.8. The molecule has 0 saturated carbocycles. The van der Waals surface area contributed by atoms with Crippen molar-refractivity contribution in [2.24, 2.45) is 17.6 Å². The van der Waals surface area contributed by atoms with E-state index >= 15 is 0 Å². The average molecular weight is 536 g/mol. The van der Waals surface area contributed by atoms with Gasteiger partial charge in [0.25, 0.3) is 5.91 Å². The maximum atomic E-state index is 13.3. The van der Waals surface area contributed by atoms with Gasteiger partial charge in [-0.3, -0.25) is 9.59 Å². The van der Waals surface area contributed by atoms with E-state index in [1.165, 1.54) is 12.1 Å². The van der Waals surface area contributed by atoms with Crippen LogP contribution in [0.4, 0.5) is 13.2 Å². The molecule has 0 heterocycles. The molecule has 8 heteroatoms. The normalized spacial score (nSPS) is 25.1. The van der Waals surface area contributed by atoms with Crippen LogP contribution in [0.3, 0.4) is 0 Å². The summed E-state index contributed by atoms with van der Waals surface area (Å²) in [6, 6.07) is 8.73. The van der Waals surface area contributed by atoms with Gasteiger partial charge in [0.1, 0.15) is 5.76 Å². The molecule has 3 atom stereocenters. The topological polar surface area (TPSA) is 101 Å². The molecule has 0 aromatic heterocycles. The molecule has 3 aliphatic carbocycles. The number of nitrogens with two attached hydrogens (primary N) is 1. The first kappa shape index (κ1) is 26.7. The zero-order valence-electron chi connectivity index (χ0n) is 21.5. The Balaban J connectivity index is 1.55. The van der Waals surface area contributed by atoms with Crippen molar-refractivity contribution in [1.82, 2.24) is 0 Å². The highest BCUT2D eigenvalue weighted by Gasteiger charge is 2.58. The second-order valence-corrected chi connectivity index (χ2v) is 10.7. The number of hydrogen-bond donors (Lipinski definition) is 3. The predicted molar refractivity (Wildman–Crippen MR) is 142 cm³/mol. The second kappa shape index (κ2) is 9.09. The lowest BCUT2D eigenvalue weighted by atomic mass is 9.58. The van der Waals surface area contributed by atoms with Gasteiger partial charge in [-0.15, -0.1) is 0 Å². The molecule has 2 aromatic carbocycles. The maximum absolute atomic E-state index is 13.3. The number of primary amides is 1. The third-order valence-electron chi connectivity index (χ3n) is 8.31. The van der Waals surface area contributed by atoms with Crippen LogP contribution in [0.15, 0.2) is 65.5 Å². The van der Waals surface area contributed by atoms with Crippen LogP contribution in [0.1, 0.15) is 53.1 Å². The van der Waals surface area contributed by atoms with E-state index in [1.807, 2.05) is 25.1 Å². The summed E-state index contributed by atoms with van der Waals surface area (Å²) in [5, 5.41) is 22.9. The van der Waals surface area contributed by atoms with E-state index in [2.05, 4.69) is 6.58 Å². The Bertz CT molecular complexity index is 1530. The van der Waals surface area contributed by atoms with Crippen LogP contribution in [0.25, 0.3) is 17.7 Å². The number of carbonyl (C=O) groups excluding carboxylic acids is 2. The van der Waals surface area contributed by atoms with Crippen molar-refractivity contribution in [1.29, 1.82) is 0 Å². The summed E-state index contributed by atoms with van der Waals surface area (Å²) >= 11 is 0. The molecule has 1 unspecified atom stereocenters. The first-order valence-corrected chi connectivity index (χ1v) is 12.6. The second-order valence-electron chi connectivity index (χ2n) is 10.7. The molecule has 5 nitrogen and oxygen atoms in total. The number of Topliss-reactive ketones (excluding diaryl/α,β-unsaturated/α-hetero) is 1. The Morgan fingerprint density at radius 1 is 1.10 bits per heavy atom. The first-order chi connectivity index (χ1) is 18.2. The molecular weight excluding hydrogens is 507 g/mol. The Hall–Kier alpha value is -3.91. The molecule has 39 heavy (non-hydrogen) atoms. The molecule has 0 fully saturated rings. The molecule has 0 spiro atoms. The fourth-order valence-electron chi connectivity index (χ4n) is 6.43. The highest BCUT2D eigenvalue weighted by atomic mass is 19.4. The van der Waals surface area contributed by atoms with Gasteiger partial charge < -0.3 is 15.9 Å². The van der Waals surface area contributed by atoms with E-state index in [0.29, 0.717) is 35.1 Å². The van der Waals surface area contributed by atoms with Crippen LogP contribution in [0.2, 0.25) is 0 Å². The van der Waals surface area contributed by atoms with E-state index in [-0.39, 0.29) is 17.9 Å². The van der Waals surface area contributed by atoms with Crippen molar-refractivity contribution < 1.29 is 33.0 Å². The number of carbonyl (C=O) groups is 2. The number of benzene rings is 2. The third kappa shape index (κ3) is 4.14. The summed E-state index contributed by atoms with van der Waals surface area (Å²) in [7, 11) is 0. The number of aryl methyl sites for hydroxylation is 1. The lowest BCUT2D eigenvalue weighted by Crippen LogP contribution is -2.56. The van der Waals surface area contributed by atoms with E-state index in [9.17, 15) is 33.0 Å². The van der Waals surface area contributed by atoms with E-state index in [0.717, 1.165) is 34.4 Å². The maximum Gasteiger partial charge on any atom is 0.416 e. The van der Waals surface area contributed by atoms with Gasteiger partial charge in [-0.25, -0.2) is 0 Å². The van der Waals surface area contributed by atoms with E-state index < -0.39 is 40.7 Å². The van der Waals surface area contributed by atoms with Gasteiger partial charge in [-0.1, -0.05) is 48.6 Å². The molecule has 0 saturated heterocycles. The number of hydrogen-bond acceptors (Lipinski definition) is 4. The minimum atomic E-state index is -4.40. The Labute approximate surface area is 223 Å². The number of rotatable bonds is 3. The molecule has 0 radical (unpaired) electrons. The smallest absolute Gasteiger partial charge is 0.416 e. The van der Waals surface area contributed by atoms with Gasteiger partial charge in [0, 0.05) is 11.5 Å². The minimum Gasteiger partial charge on any atom is -0.508 e. The molecule has 0 aliphatic heterocycles. The molecule has 0 bridgehead atoms. The van der Waals surface area contributed by atoms with Gasteiger partial charge in [0.15, 0.2) is 5.60 Å². The summed E-state index contributed by atoms with van der Waals surface area (Å²) in [5.74, 6) is -3.15. The summed E-state index contributed by atoms with van der Waals surface area (Å²) in [4.78, 5) is 25.3. The largest absolute Gasteiger partial charge is 0.508 e. The predicted octanol–water partition coefficient (Wildman–Crippen LogP) is 5.71. The van der Waals surface area contributed by atoms with E-state index in [1.54, 1.807) is 13.0 Å². The van der Waals surface area contributed by atoms with Crippen molar-refractivity contribution in [3.63, 3.8) is 0 Å². The van der Waals surface area contributed by atoms with Crippen LogP contribution in [0.5, 0.6) is 0 Å². The van der Waals surface area contributed by atoms with Crippen LogP contribution in [-0.2, 0) is 22.2 Å². The molecule has 202 valence electrons. The number of fused-ring (bicyclic) bond motifs is 3. The van der Waals surface area contributed by atoms with Crippen molar-refractivity contribution in [3.8, 4) is 0 Å². The summed E-state index contributed by atoms with van der Waals surface area (Å²) in [6.45, 7) is 7.76. The van der Waals surface area contributed by atoms with Gasteiger partial charge in [-0.2, -0.15) is 13.2 Å².